The molecule has 3 aliphatic heterocycles. The number of nitrogens with zero attached hydrogens (tertiary/aromatic N) is 2. The first kappa shape index (κ1) is 36.0. The van der Waals surface area contributed by atoms with Gasteiger partial charge in [-0.25, -0.2) is 0 Å². The average Bonchev–Trinajstić information content (AvgIpc) is 3.16. The van der Waals surface area contributed by atoms with E-state index in [1.807, 2.05) is 0 Å². The zero-order valence-corrected chi connectivity index (χ0v) is 28.7. The van der Waals surface area contributed by atoms with Crippen LogP contribution in [0.25, 0.3) is 0 Å². The Hall–Kier alpha value is -2.46. The molecule has 0 aliphatic carbocycles. The monoisotopic (exact) mass is 598 g/mol. The minimum absolute atomic E-state index is 0. The first-order valence-corrected chi connectivity index (χ1v) is 16.9. The predicted octanol–water partition coefficient (Wildman–Crippen LogP) is 9.52. The summed E-state index contributed by atoms with van der Waals surface area (Å²) in [5.74, 6) is 2.09. The van der Waals surface area contributed by atoms with Crippen LogP contribution in [0.2, 0.25) is 0 Å². The molecule has 0 aromatic heterocycles. The van der Waals surface area contributed by atoms with Crippen molar-refractivity contribution in [3.63, 3.8) is 0 Å². The summed E-state index contributed by atoms with van der Waals surface area (Å²) in [6.07, 6.45) is 2.37. The van der Waals surface area contributed by atoms with Gasteiger partial charge in [0.2, 0.25) is 0 Å². The van der Waals surface area contributed by atoms with Gasteiger partial charge in [0.05, 0.1) is 0 Å². The van der Waals surface area contributed by atoms with Crippen LogP contribution in [-0.4, -0.2) is 42.5 Å². The summed E-state index contributed by atoms with van der Waals surface area (Å²) in [7, 11) is 2.21. The largest absolute Gasteiger partial charge is 0.313 e. The summed E-state index contributed by atoms with van der Waals surface area (Å²) < 4.78 is 0. The number of likely N-dealkylation sites (N-methyl/N-ethyl adjacent to an activating group) is 1. The van der Waals surface area contributed by atoms with Crippen molar-refractivity contribution in [1.29, 1.82) is 0 Å². The number of hydrogen-bond donors (Lipinski definition) is 1. The molecule has 3 aromatic carbocycles. The molecule has 6 rings (SSSR count). The number of hydrogen-bond acceptors (Lipinski definition) is 3. The van der Waals surface area contributed by atoms with Crippen molar-refractivity contribution in [3.8, 4) is 0 Å². The first-order valence-electron chi connectivity index (χ1n) is 16.9. The second-order valence-electron chi connectivity index (χ2n) is 14.8. The second-order valence-corrected chi connectivity index (χ2v) is 14.8. The lowest BCUT2D eigenvalue weighted by Crippen LogP contribution is -2.38. The van der Waals surface area contributed by atoms with Crippen LogP contribution in [0.5, 0.6) is 0 Å². The van der Waals surface area contributed by atoms with E-state index in [0.717, 1.165) is 32.1 Å². The predicted molar refractivity (Wildman–Crippen MR) is 192 cm³/mol. The van der Waals surface area contributed by atoms with Crippen LogP contribution in [0.15, 0.2) is 72.8 Å². The molecule has 0 radical (unpaired) electrons. The summed E-state index contributed by atoms with van der Waals surface area (Å²) in [5.41, 5.74) is 9.54. The van der Waals surface area contributed by atoms with Gasteiger partial charge in [-0.2, -0.15) is 0 Å². The van der Waals surface area contributed by atoms with Crippen LogP contribution in [0.4, 0.5) is 0 Å². The lowest BCUT2D eigenvalue weighted by molar-refractivity contribution is 0.178. The minimum Gasteiger partial charge on any atom is -0.313 e. The van der Waals surface area contributed by atoms with E-state index in [1.165, 1.54) is 47.2 Å². The van der Waals surface area contributed by atoms with Crippen LogP contribution >= 0.6 is 0 Å². The Balaban J connectivity index is 0.000000179. The molecule has 3 nitrogen and oxygen atoms in total. The minimum atomic E-state index is 0. The van der Waals surface area contributed by atoms with Crippen molar-refractivity contribution in [2.75, 3.05) is 26.7 Å². The second kappa shape index (κ2) is 16.2. The quantitative estimate of drug-likeness (QED) is 0.324. The Bertz CT molecular complexity index is 1290. The van der Waals surface area contributed by atoms with E-state index in [-0.39, 0.29) is 7.43 Å². The van der Waals surface area contributed by atoms with Gasteiger partial charge >= 0.3 is 0 Å². The molecular weight excluding hydrogens is 534 g/mol. The van der Waals surface area contributed by atoms with E-state index in [9.17, 15) is 0 Å². The Labute approximate surface area is 271 Å². The third-order valence-corrected chi connectivity index (χ3v) is 9.82. The maximum atomic E-state index is 3.63. The van der Waals surface area contributed by atoms with Crippen molar-refractivity contribution in [1.82, 2.24) is 15.1 Å². The Morgan fingerprint density at radius 3 is 1.86 bits per heavy atom. The molecular formula is C41H63N3. The third-order valence-electron chi connectivity index (χ3n) is 9.82. The first-order chi connectivity index (χ1) is 20.5. The highest BCUT2D eigenvalue weighted by molar-refractivity contribution is 5.35. The van der Waals surface area contributed by atoms with E-state index < -0.39 is 0 Å². The number of nitrogens with one attached hydrogen (secondary N) is 1. The van der Waals surface area contributed by atoms with E-state index in [1.54, 1.807) is 5.56 Å². The Morgan fingerprint density at radius 2 is 1.30 bits per heavy atom. The van der Waals surface area contributed by atoms with Crippen LogP contribution in [0.1, 0.15) is 108 Å². The van der Waals surface area contributed by atoms with E-state index in [0.29, 0.717) is 29.3 Å². The molecule has 0 fully saturated rings. The molecule has 0 saturated carbocycles. The highest BCUT2D eigenvalue weighted by Gasteiger charge is 2.33. The Morgan fingerprint density at radius 1 is 0.750 bits per heavy atom. The molecule has 3 aliphatic rings. The summed E-state index contributed by atoms with van der Waals surface area (Å²) in [6.45, 7) is 24.2. The smallest absolute Gasteiger partial charge is 0.0374 e. The maximum absolute atomic E-state index is 3.63. The molecule has 3 unspecified atom stereocenters. The fourth-order valence-electron chi connectivity index (χ4n) is 7.27. The van der Waals surface area contributed by atoms with Crippen molar-refractivity contribution in [2.45, 2.75) is 107 Å². The number of benzene rings is 3. The van der Waals surface area contributed by atoms with Crippen molar-refractivity contribution in [3.05, 3.63) is 106 Å². The van der Waals surface area contributed by atoms with Gasteiger partial charge in [-0.3, -0.25) is 9.80 Å². The van der Waals surface area contributed by atoms with Gasteiger partial charge in [-0.15, -0.1) is 0 Å². The molecule has 3 aromatic rings. The summed E-state index contributed by atoms with van der Waals surface area (Å²) in [5, 5.41) is 3.63. The number of fused-ring (bicyclic) bond motifs is 3. The lowest BCUT2D eigenvalue weighted by atomic mass is 9.73. The lowest BCUT2D eigenvalue weighted by Gasteiger charge is -2.40. The molecule has 0 bridgehead atoms. The van der Waals surface area contributed by atoms with Gasteiger partial charge in [-0.05, 0) is 83.6 Å². The van der Waals surface area contributed by atoms with Crippen molar-refractivity contribution < 1.29 is 0 Å². The molecule has 44 heavy (non-hydrogen) atoms. The maximum Gasteiger partial charge on any atom is 0.0374 e. The highest BCUT2D eigenvalue weighted by atomic mass is 15.2. The highest BCUT2D eigenvalue weighted by Crippen LogP contribution is 2.40. The van der Waals surface area contributed by atoms with Crippen LogP contribution in [0, 0.1) is 17.3 Å². The normalized spacial score (nSPS) is 21.5. The zero-order valence-electron chi connectivity index (χ0n) is 28.7. The van der Waals surface area contributed by atoms with Crippen molar-refractivity contribution >= 4 is 0 Å². The standard InChI is InChI=1S/C15H23N.C13H19N.C12H17N.CH4/c1-5-16-10-12-8-6-7-9-13(12)14(11-16)15(2,3)4;1-10(2)13-9-12-6-4-3-5-11(12)7-8-14-13;1-9(2)12-11-7-5-4-6-10(11)8-13(12)3;/h6-9,14H,5,10-11H2,1-4H3;3-6,10,13-14H,7-9H2,1-2H3;4-7,9,12H,8H2,1-3H3;1H4. The summed E-state index contributed by atoms with van der Waals surface area (Å²) in [6, 6.07) is 27.9. The van der Waals surface area contributed by atoms with Crippen LogP contribution < -0.4 is 5.32 Å². The van der Waals surface area contributed by atoms with Crippen LogP contribution in [-0.2, 0) is 25.9 Å². The molecule has 0 amide bonds. The van der Waals surface area contributed by atoms with E-state index in [4.69, 9.17) is 0 Å². The molecule has 242 valence electrons. The zero-order chi connectivity index (χ0) is 31.1. The fourth-order valence-corrected chi connectivity index (χ4v) is 7.27. The van der Waals surface area contributed by atoms with Gasteiger partial charge in [0, 0.05) is 37.6 Å². The number of rotatable bonds is 3. The summed E-state index contributed by atoms with van der Waals surface area (Å²) >= 11 is 0. The third kappa shape index (κ3) is 9.05. The average molecular weight is 598 g/mol. The summed E-state index contributed by atoms with van der Waals surface area (Å²) in [4.78, 5) is 4.99. The molecule has 1 N–H and O–H groups in total. The molecule has 3 atom stereocenters. The van der Waals surface area contributed by atoms with Gasteiger partial charge in [-0.1, -0.05) is 136 Å². The topological polar surface area (TPSA) is 18.5 Å². The molecule has 0 spiro atoms. The van der Waals surface area contributed by atoms with Crippen molar-refractivity contribution in [2.24, 2.45) is 17.3 Å². The van der Waals surface area contributed by atoms with Gasteiger partial charge in [0.1, 0.15) is 0 Å². The molecule has 0 saturated heterocycles. The van der Waals surface area contributed by atoms with E-state index >= 15 is 0 Å². The van der Waals surface area contributed by atoms with Gasteiger partial charge < -0.3 is 5.32 Å². The van der Waals surface area contributed by atoms with Crippen LogP contribution in [0.3, 0.4) is 0 Å². The van der Waals surface area contributed by atoms with E-state index in [2.05, 4.69) is 150 Å². The van der Waals surface area contributed by atoms with Gasteiger partial charge in [0.25, 0.3) is 0 Å². The SMILES string of the molecule is C.CC(C)C1Cc2ccccc2CCN1.CC(C)C1c2ccccc2CN1C.CCN1Cc2ccccc2C(C(C)(C)C)C1. The molecule has 3 heterocycles. The molecule has 3 heteroatoms. The fraction of sp³-hybridized carbons (Fsp3) is 0.561. The van der Waals surface area contributed by atoms with Gasteiger partial charge in [0.15, 0.2) is 0 Å². The Kier molecular flexibility index (Phi) is 13.3.